The normalized spacial score (nSPS) is 14.5. The first-order valence-electron chi connectivity index (χ1n) is 7.44. The monoisotopic (exact) mass is 328 g/mol. The van der Waals surface area contributed by atoms with Gasteiger partial charge in [0.05, 0.1) is 11.8 Å². The van der Waals surface area contributed by atoms with Gasteiger partial charge in [0.1, 0.15) is 5.69 Å². The molecular formula is C16H16N4O4. The molecule has 2 aromatic rings. The van der Waals surface area contributed by atoms with Crippen molar-refractivity contribution in [3.63, 3.8) is 0 Å². The van der Waals surface area contributed by atoms with Crippen molar-refractivity contribution in [1.82, 2.24) is 14.8 Å². The molecule has 24 heavy (non-hydrogen) atoms. The van der Waals surface area contributed by atoms with E-state index in [0.717, 1.165) is 0 Å². The van der Waals surface area contributed by atoms with Crippen LogP contribution in [0.1, 0.15) is 31.4 Å². The Balaban J connectivity index is 1.60. The minimum atomic E-state index is -0.640. The molecule has 0 atom stereocenters. The number of rotatable bonds is 3. The van der Waals surface area contributed by atoms with Crippen LogP contribution in [0.5, 0.6) is 0 Å². The highest BCUT2D eigenvalue weighted by Crippen LogP contribution is 2.12. The van der Waals surface area contributed by atoms with E-state index in [0.29, 0.717) is 37.5 Å². The molecule has 0 spiro atoms. The quantitative estimate of drug-likeness (QED) is 0.875. The fourth-order valence-electron chi connectivity index (χ4n) is 2.52. The van der Waals surface area contributed by atoms with Crippen LogP contribution in [0.15, 0.2) is 41.1 Å². The van der Waals surface area contributed by atoms with Crippen LogP contribution in [-0.2, 0) is 0 Å². The summed E-state index contributed by atoms with van der Waals surface area (Å²) in [5, 5.41) is 0. The van der Waals surface area contributed by atoms with Gasteiger partial charge >= 0.3 is 0 Å². The summed E-state index contributed by atoms with van der Waals surface area (Å²) in [5.74, 6) is -0.719. The fraction of sp³-hybridized carbons (Fsp3) is 0.250. The third-order valence-electron chi connectivity index (χ3n) is 3.85. The first kappa shape index (κ1) is 15.7. The van der Waals surface area contributed by atoms with Gasteiger partial charge in [-0.15, -0.1) is 0 Å². The number of hydrogen-bond acceptors (Lipinski definition) is 5. The molecule has 0 bridgehead atoms. The van der Waals surface area contributed by atoms with Gasteiger partial charge in [0, 0.05) is 32.4 Å². The van der Waals surface area contributed by atoms with Gasteiger partial charge in [-0.2, -0.15) is 0 Å². The second kappa shape index (κ2) is 6.53. The number of furan rings is 1. The molecule has 2 aromatic heterocycles. The van der Waals surface area contributed by atoms with Gasteiger partial charge < -0.3 is 20.0 Å². The molecule has 3 amide bonds. The highest BCUT2D eigenvalue weighted by Gasteiger charge is 2.26. The maximum Gasteiger partial charge on any atom is 0.289 e. The zero-order valence-corrected chi connectivity index (χ0v) is 12.8. The molecule has 0 aromatic carbocycles. The van der Waals surface area contributed by atoms with E-state index >= 15 is 0 Å². The van der Waals surface area contributed by atoms with Crippen LogP contribution in [-0.4, -0.2) is 58.7 Å². The van der Waals surface area contributed by atoms with Gasteiger partial charge in [0.2, 0.25) is 0 Å². The molecule has 1 saturated heterocycles. The number of nitrogens with zero attached hydrogens (tertiary/aromatic N) is 3. The van der Waals surface area contributed by atoms with Gasteiger partial charge in [-0.1, -0.05) is 0 Å². The molecule has 1 fully saturated rings. The van der Waals surface area contributed by atoms with Gasteiger partial charge in [0.25, 0.3) is 17.7 Å². The van der Waals surface area contributed by atoms with Gasteiger partial charge in [-0.25, -0.2) is 0 Å². The molecule has 0 aliphatic carbocycles. The molecule has 0 saturated carbocycles. The predicted octanol–water partition coefficient (Wildman–Crippen LogP) is 0.372. The zero-order valence-electron chi connectivity index (χ0n) is 12.8. The fourth-order valence-corrected chi connectivity index (χ4v) is 2.52. The Morgan fingerprint density at radius 3 is 2.17 bits per heavy atom. The van der Waals surface area contributed by atoms with Crippen LogP contribution in [0.4, 0.5) is 0 Å². The molecule has 3 rings (SSSR count). The van der Waals surface area contributed by atoms with E-state index in [9.17, 15) is 14.4 Å². The lowest BCUT2D eigenvalue weighted by Crippen LogP contribution is -2.50. The second-order valence-electron chi connectivity index (χ2n) is 5.36. The molecule has 8 heteroatoms. The van der Waals surface area contributed by atoms with Gasteiger partial charge in [-0.3, -0.25) is 19.4 Å². The summed E-state index contributed by atoms with van der Waals surface area (Å²) in [6.45, 7) is 1.70. The lowest BCUT2D eigenvalue weighted by Gasteiger charge is -2.34. The van der Waals surface area contributed by atoms with Crippen LogP contribution in [0.3, 0.4) is 0 Å². The molecule has 8 nitrogen and oxygen atoms in total. The van der Waals surface area contributed by atoms with E-state index in [1.165, 1.54) is 24.6 Å². The van der Waals surface area contributed by atoms with Crippen molar-refractivity contribution < 1.29 is 18.8 Å². The number of pyridine rings is 1. The smallest absolute Gasteiger partial charge is 0.289 e. The van der Waals surface area contributed by atoms with Crippen molar-refractivity contribution in [2.45, 2.75) is 0 Å². The average Bonchev–Trinajstić information content (AvgIpc) is 3.15. The van der Waals surface area contributed by atoms with Crippen LogP contribution in [0, 0.1) is 0 Å². The van der Waals surface area contributed by atoms with Crippen LogP contribution in [0.25, 0.3) is 0 Å². The Bertz CT molecular complexity index is 747. The topological polar surface area (TPSA) is 110 Å². The summed E-state index contributed by atoms with van der Waals surface area (Å²) in [6, 6.07) is 6.23. The maximum atomic E-state index is 12.4. The molecule has 0 unspecified atom stereocenters. The Kier molecular flexibility index (Phi) is 4.28. The highest BCUT2D eigenvalue weighted by atomic mass is 16.3. The van der Waals surface area contributed by atoms with Crippen molar-refractivity contribution in [2.24, 2.45) is 5.73 Å². The second-order valence-corrected chi connectivity index (χ2v) is 5.36. The summed E-state index contributed by atoms with van der Waals surface area (Å²) in [7, 11) is 0. The first-order valence-corrected chi connectivity index (χ1v) is 7.44. The van der Waals surface area contributed by atoms with Crippen LogP contribution < -0.4 is 5.73 Å². The third-order valence-corrected chi connectivity index (χ3v) is 3.85. The Morgan fingerprint density at radius 2 is 1.67 bits per heavy atom. The molecule has 1 aliphatic heterocycles. The summed E-state index contributed by atoms with van der Waals surface area (Å²) in [6.07, 6.45) is 2.79. The number of amides is 3. The van der Waals surface area contributed by atoms with Crippen molar-refractivity contribution in [1.29, 1.82) is 0 Å². The summed E-state index contributed by atoms with van der Waals surface area (Å²) in [4.78, 5) is 42.8. The van der Waals surface area contributed by atoms with Crippen molar-refractivity contribution in [2.75, 3.05) is 26.2 Å². The zero-order chi connectivity index (χ0) is 17.1. The lowest BCUT2D eigenvalue weighted by molar-refractivity contribution is 0.0518. The van der Waals surface area contributed by atoms with E-state index in [1.54, 1.807) is 21.9 Å². The van der Waals surface area contributed by atoms with E-state index in [-0.39, 0.29) is 17.5 Å². The van der Waals surface area contributed by atoms with Crippen molar-refractivity contribution in [3.8, 4) is 0 Å². The molecule has 3 heterocycles. The summed E-state index contributed by atoms with van der Waals surface area (Å²) < 4.78 is 5.10. The minimum Gasteiger partial charge on any atom is -0.459 e. The number of nitrogens with two attached hydrogens (primary N) is 1. The largest absolute Gasteiger partial charge is 0.459 e. The average molecular weight is 328 g/mol. The molecular weight excluding hydrogens is 312 g/mol. The molecule has 0 radical (unpaired) electrons. The van der Waals surface area contributed by atoms with E-state index in [1.807, 2.05) is 0 Å². The summed E-state index contributed by atoms with van der Waals surface area (Å²) in [5.41, 5.74) is 5.62. The number of carbonyl (C=O) groups excluding carboxylic acids is 3. The number of hydrogen-bond donors (Lipinski definition) is 1. The number of piperazine rings is 1. The summed E-state index contributed by atoms with van der Waals surface area (Å²) >= 11 is 0. The van der Waals surface area contributed by atoms with E-state index < -0.39 is 5.91 Å². The third kappa shape index (κ3) is 3.12. The number of primary amides is 1. The highest BCUT2D eigenvalue weighted by molar-refractivity contribution is 5.96. The lowest BCUT2D eigenvalue weighted by atomic mass is 10.2. The number of carbonyl (C=O) groups is 3. The maximum absolute atomic E-state index is 12.4. The predicted molar refractivity (Wildman–Crippen MR) is 83.3 cm³/mol. The van der Waals surface area contributed by atoms with Crippen molar-refractivity contribution >= 4 is 17.7 Å². The van der Waals surface area contributed by atoms with E-state index in [4.69, 9.17) is 10.2 Å². The van der Waals surface area contributed by atoms with Crippen LogP contribution in [0.2, 0.25) is 0 Å². The minimum absolute atomic E-state index is 0.111. The molecule has 1 aliphatic rings. The molecule has 124 valence electrons. The Hall–Kier alpha value is -3.16. The molecule has 2 N–H and O–H groups in total. The SMILES string of the molecule is NC(=O)c1ccc(C(=O)N2CCN(C(=O)c3ccco3)CC2)cn1. The van der Waals surface area contributed by atoms with Gasteiger partial charge in [0.15, 0.2) is 5.76 Å². The van der Waals surface area contributed by atoms with Crippen LogP contribution >= 0.6 is 0 Å². The van der Waals surface area contributed by atoms with Crippen molar-refractivity contribution in [3.05, 3.63) is 53.7 Å². The Labute approximate surface area is 137 Å². The first-order chi connectivity index (χ1) is 11.6. The van der Waals surface area contributed by atoms with E-state index in [2.05, 4.69) is 4.98 Å². The Morgan fingerprint density at radius 1 is 1.00 bits per heavy atom. The number of aromatic nitrogens is 1. The standard InChI is InChI=1S/C16H16N4O4/c17-14(21)12-4-3-11(10-18-12)15(22)19-5-7-20(8-6-19)16(23)13-2-1-9-24-13/h1-4,9-10H,5-8H2,(H2,17,21). The van der Waals surface area contributed by atoms with Gasteiger partial charge in [-0.05, 0) is 24.3 Å².